The van der Waals surface area contributed by atoms with E-state index in [4.69, 9.17) is 12.2 Å². The molecule has 1 atom stereocenters. The highest BCUT2D eigenvalue weighted by atomic mass is 32.1. The SMILES string of the molecule is CC(NC(=S)Nc1nccs1)c1cccs1. The van der Waals surface area contributed by atoms with Crippen LogP contribution in [0.2, 0.25) is 0 Å². The van der Waals surface area contributed by atoms with Gasteiger partial charge in [-0.3, -0.25) is 0 Å². The minimum atomic E-state index is 0.222. The third kappa shape index (κ3) is 3.01. The molecule has 0 aliphatic carbocycles. The molecule has 0 fully saturated rings. The van der Waals surface area contributed by atoms with Crippen molar-refractivity contribution in [3.05, 3.63) is 34.0 Å². The Morgan fingerprint density at radius 2 is 2.31 bits per heavy atom. The standard InChI is InChI=1S/C10H11N3S3/c1-7(8-3-2-5-15-8)12-9(14)13-10-11-4-6-16-10/h2-7H,1H3,(H2,11,12,13,14). The van der Waals surface area contributed by atoms with Crippen LogP contribution in [0.15, 0.2) is 29.1 Å². The average molecular weight is 269 g/mol. The smallest absolute Gasteiger partial charge is 0.188 e. The summed E-state index contributed by atoms with van der Waals surface area (Å²) in [5, 5.41) is 11.7. The van der Waals surface area contributed by atoms with Crippen molar-refractivity contribution in [2.24, 2.45) is 0 Å². The molecular formula is C10H11N3S3. The molecule has 2 aromatic heterocycles. The van der Waals surface area contributed by atoms with Crippen molar-refractivity contribution in [3.8, 4) is 0 Å². The van der Waals surface area contributed by atoms with Crippen molar-refractivity contribution >= 4 is 45.1 Å². The molecule has 6 heteroatoms. The Balaban J connectivity index is 1.88. The fraction of sp³-hybridized carbons (Fsp3) is 0.200. The number of thiocarbonyl (C=S) groups is 1. The Kier molecular flexibility index (Phi) is 3.87. The summed E-state index contributed by atoms with van der Waals surface area (Å²) in [6, 6.07) is 4.35. The van der Waals surface area contributed by atoms with E-state index in [0.29, 0.717) is 5.11 Å². The first-order valence-electron chi connectivity index (χ1n) is 4.76. The second-order valence-corrected chi connectivity index (χ2v) is 5.45. The molecule has 2 rings (SSSR count). The molecule has 0 radical (unpaired) electrons. The van der Waals surface area contributed by atoms with Crippen molar-refractivity contribution in [1.82, 2.24) is 10.3 Å². The molecule has 0 saturated heterocycles. The van der Waals surface area contributed by atoms with Gasteiger partial charge < -0.3 is 10.6 Å². The van der Waals surface area contributed by atoms with E-state index in [1.165, 1.54) is 16.2 Å². The van der Waals surface area contributed by atoms with E-state index in [1.54, 1.807) is 17.5 Å². The lowest BCUT2D eigenvalue weighted by molar-refractivity contribution is 0.737. The monoisotopic (exact) mass is 269 g/mol. The predicted molar refractivity (Wildman–Crippen MR) is 74.2 cm³/mol. The average Bonchev–Trinajstić information content (AvgIpc) is 2.88. The van der Waals surface area contributed by atoms with Crippen LogP contribution in [0, 0.1) is 0 Å². The van der Waals surface area contributed by atoms with Gasteiger partial charge in [-0.15, -0.1) is 22.7 Å². The number of anilines is 1. The maximum absolute atomic E-state index is 5.20. The molecule has 2 aromatic rings. The van der Waals surface area contributed by atoms with Gasteiger partial charge in [-0.2, -0.15) is 0 Å². The quantitative estimate of drug-likeness (QED) is 0.839. The topological polar surface area (TPSA) is 37.0 Å². The first-order valence-corrected chi connectivity index (χ1v) is 6.93. The summed E-state index contributed by atoms with van der Waals surface area (Å²) in [7, 11) is 0. The zero-order valence-corrected chi connectivity index (χ0v) is 11.1. The Morgan fingerprint density at radius 1 is 1.44 bits per heavy atom. The molecule has 0 aromatic carbocycles. The molecule has 0 spiro atoms. The Hall–Kier alpha value is -0.980. The Bertz CT molecular complexity index is 436. The molecule has 0 amide bonds. The molecule has 2 N–H and O–H groups in total. The molecule has 3 nitrogen and oxygen atoms in total. The number of thiophene rings is 1. The van der Waals surface area contributed by atoms with Gasteiger partial charge in [0.1, 0.15) is 0 Å². The van der Waals surface area contributed by atoms with E-state index in [9.17, 15) is 0 Å². The summed E-state index contributed by atoms with van der Waals surface area (Å²) in [6.45, 7) is 2.08. The predicted octanol–water partition coefficient (Wildman–Crippen LogP) is 3.25. The maximum Gasteiger partial charge on any atom is 0.188 e. The molecule has 1 unspecified atom stereocenters. The van der Waals surface area contributed by atoms with Crippen LogP contribution in [0.3, 0.4) is 0 Å². The minimum Gasteiger partial charge on any atom is -0.355 e. The zero-order valence-electron chi connectivity index (χ0n) is 8.64. The minimum absolute atomic E-state index is 0.222. The van der Waals surface area contributed by atoms with Gasteiger partial charge in [0.2, 0.25) is 0 Å². The Morgan fingerprint density at radius 3 is 2.94 bits per heavy atom. The van der Waals surface area contributed by atoms with Crippen molar-refractivity contribution in [2.75, 3.05) is 5.32 Å². The first kappa shape index (κ1) is 11.5. The first-order chi connectivity index (χ1) is 7.75. The molecule has 16 heavy (non-hydrogen) atoms. The largest absolute Gasteiger partial charge is 0.355 e. The number of aromatic nitrogens is 1. The third-order valence-corrected chi connectivity index (χ3v) is 3.93. The zero-order chi connectivity index (χ0) is 11.4. The van der Waals surface area contributed by atoms with Gasteiger partial charge in [0, 0.05) is 16.5 Å². The number of nitrogens with one attached hydrogen (secondary N) is 2. The summed E-state index contributed by atoms with van der Waals surface area (Å²) in [6.07, 6.45) is 1.75. The third-order valence-electron chi connectivity index (χ3n) is 1.97. The molecule has 2 heterocycles. The lowest BCUT2D eigenvalue weighted by atomic mass is 10.3. The van der Waals surface area contributed by atoms with Gasteiger partial charge in [0.05, 0.1) is 6.04 Å². The summed E-state index contributed by atoms with van der Waals surface area (Å²) in [5.74, 6) is 0. The van der Waals surface area contributed by atoms with Gasteiger partial charge in [-0.05, 0) is 30.6 Å². The second kappa shape index (κ2) is 5.38. The van der Waals surface area contributed by atoms with Crippen molar-refractivity contribution < 1.29 is 0 Å². The highest BCUT2D eigenvalue weighted by Gasteiger charge is 2.08. The number of hydrogen-bond donors (Lipinski definition) is 2. The van der Waals surface area contributed by atoms with E-state index in [0.717, 1.165) is 5.13 Å². The lowest BCUT2D eigenvalue weighted by Crippen LogP contribution is -2.30. The molecule has 0 aliphatic heterocycles. The van der Waals surface area contributed by atoms with Crippen molar-refractivity contribution in [2.45, 2.75) is 13.0 Å². The maximum atomic E-state index is 5.20. The summed E-state index contributed by atoms with van der Waals surface area (Å²) in [4.78, 5) is 5.38. The molecule has 0 aliphatic rings. The van der Waals surface area contributed by atoms with E-state index in [-0.39, 0.29) is 6.04 Å². The van der Waals surface area contributed by atoms with Gasteiger partial charge in [-0.1, -0.05) is 6.07 Å². The summed E-state index contributed by atoms with van der Waals surface area (Å²) in [5.41, 5.74) is 0. The van der Waals surface area contributed by atoms with Crippen LogP contribution in [0.1, 0.15) is 17.8 Å². The fourth-order valence-electron chi connectivity index (χ4n) is 1.22. The number of thiazole rings is 1. The normalized spacial score (nSPS) is 12.1. The van der Waals surface area contributed by atoms with Crippen molar-refractivity contribution in [3.63, 3.8) is 0 Å². The van der Waals surface area contributed by atoms with Gasteiger partial charge in [-0.25, -0.2) is 4.98 Å². The van der Waals surface area contributed by atoms with Crippen LogP contribution in [-0.2, 0) is 0 Å². The van der Waals surface area contributed by atoms with Crippen LogP contribution in [0.4, 0.5) is 5.13 Å². The lowest BCUT2D eigenvalue weighted by Gasteiger charge is -2.14. The molecule has 0 saturated carbocycles. The summed E-state index contributed by atoms with van der Waals surface area (Å²) >= 11 is 8.45. The highest BCUT2D eigenvalue weighted by Crippen LogP contribution is 2.18. The summed E-state index contributed by atoms with van der Waals surface area (Å²) < 4.78 is 0. The van der Waals surface area contributed by atoms with Crippen LogP contribution in [0.25, 0.3) is 0 Å². The van der Waals surface area contributed by atoms with E-state index >= 15 is 0 Å². The van der Waals surface area contributed by atoms with E-state index in [1.807, 2.05) is 11.4 Å². The van der Waals surface area contributed by atoms with Gasteiger partial charge >= 0.3 is 0 Å². The van der Waals surface area contributed by atoms with E-state index in [2.05, 4.69) is 34.0 Å². The fourth-order valence-corrected chi connectivity index (χ4v) is 2.83. The van der Waals surface area contributed by atoms with Crippen LogP contribution in [0.5, 0.6) is 0 Å². The van der Waals surface area contributed by atoms with Crippen LogP contribution >= 0.6 is 34.9 Å². The van der Waals surface area contributed by atoms with E-state index < -0.39 is 0 Å². The van der Waals surface area contributed by atoms with Gasteiger partial charge in [0.15, 0.2) is 10.2 Å². The number of rotatable bonds is 3. The Labute approximate surface area is 108 Å². The number of nitrogens with zero attached hydrogens (tertiary/aromatic N) is 1. The highest BCUT2D eigenvalue weighted by molar-refractivity contribution is 7.80. The molecule has 84 valence electrons. The molecular weight excluding hydrogens is 258 g/mol. The van der Waals surface area contributed by atoms with Gasteiger partial charge in [0.25, 0.3) is 0 Å². The van der Waals surface area contributed by atoms with Crippen LogP contribution < -0.4 is 10.6 Å². The van der Waals surface area contributed by atoms with Crippen molar-refractivity contribution in [1.29, 1.82) is 0 Å². The van der Waals surface area contributed by atoms with Crippen LogP contribution in [-0.4, -0.2) is 10.1 Å². The number of hydrogen-bond acceptors (Lipinski definition) is 4. The molecule has 0 bridgehead atoms. The second-order valence-electron chi connectivity index (χ2n) is 3.17.